The summed E-state index contributed by atoms with van der Waals surface area (Å²) in [5.74, 6) is 0.300. The Hall–Kier alpha value is -3.22. The van der Waals surface area contributed by atoms with E-state index in [1.54, 1.807) is 31.2 Å². The maximum absolute atomic E-state index is 12.2. The smallest absolute Gasteiger partial charge is 0.411 e. The van der Waals surface area contributed by atoms with Crippen LogP contribution in [0.3, 0.4) is 0 Å². The third-order valence-electron chi connectivity index (χ3n) is 3.11. The van der Waals surface area contributed by atoms with Gasteiger partial charge in [0.15, 0.2) is 5.43 Å². The maximum Gasteiger partial charge on any atom is 0.411 e. The number of nitrogens with zero attached hydrogens (tertiary/aromatic N) is 2. The van der Waals surface area contributed by atoms with Crippen LogP contribution in [0.25, 0.3) is 22.4 Å². The summed E-state index contributed by atoms with van der Waals surface area (Å²) in [4.78, 5) is 31.6. The molecule has 1 amide bonds. The first kappa shape index (κ1) is 14.7. The molecule has 0 saturated carbocycles. The predicted octanol–water partition coefficient (Wildman–Crippen LogP) is 2.82. The molecule has 1 N–H and O–H groups in total. The van der Waals surface area contributed by atoms with Gasteiger partial charge in [0, 0.05) is 17.8 Å². The minimum Gasteiger partial charge on any atom is -0.450 e. The van der Waals surface area contributed by atoms with Crippen LogP contribution in [0.4, 0.5) is 10.5 Å². The lowest BCUT2D eigenvalue weighted by Crippen LogP contribution is -2.14. The highest BCUT2D eigenvalue weighted by Crippen LogP contribution is 2.28. The molecule has 3 aromatic rings. The zero-order chi connectivity index (χ0) is 16.2. The molecular weight excluding hydrogens is 298 g/mol. The molecule has 7 heteroatoms. The molecule has 23 heavy (non-hydrogen) atoms. The summed E-state index contributed by atoms with van der Waals surface area (Å²) in [6.45, 7) is 1.98. The van der Waals surface area contributed by atoms with Crippen molar-refractivity contribution < 1.29 is 13.9 Å². The van der Waals surface area contributed by atoms with Gasteiger partial charge in [0.25, 0.3) is 0 Å². The maximum atomic E-state index is 12.2. The summed E-state index contributed by atoms with van der Waals surface area (Å²) in [5.41, 5.74) is 0.960. The molecule has 2 aromatic heterocycles. The summed E-state index contributed by atoms with van der Waals surface area (Å²) < 4.78 is 10.5. The zero-order valence-electron chi connectivity index (χ0n) is 12.3. The summed E-state index contributed by atoms with van der Waals surface area (Å²) in [6, 6.07) is 8.29. The molecule has 2 heterocycles. The largest absolute Gasteiger partial charge is 0.450 e. The van der Waals surface area contributed by atoms with Gasteiger partial charge in [-0.15, -0.1) is 0 Å². The predicted molar refractivity (Wildman–Crippen MR) is 84.2 cm³/mol. The van der Waals surface area contributed by atoms with Gasteiger partial charge in [-0.05, 0) is 19.1 Å². The lowest BCUT2D eigenvalue weighted by molar-refractivity contribution is 0.168. The summed E-state index contributed by atoms with van der Waals surface area (Å²) in [6.07, 6.45) is 2.13. The van der Waals surface area contributed by atoms with E-state index in [4.69, 9.17) is 9.15 Å². The average Bonchev–Trinajstić information content (AvgIpc) is 2.55. The molecule has 0 spiro atoms. The fourth-order valence-corrected chi connectivity index (χ4v) is 2.12. The number of aromatic nitrogens is 2. The van der Waals surface area contributed by atoms with E-state index < -0.39 is 6.09 Å². The number of hydrogen-bond acceptors (Lipinski definition) is 6. The van der Waals surface area contributed by atoms with Crippen LogP contribution in [-0.4, -0.2) is 22.7 Å². The van der Waals surface area contributed by atoms with Crippen molar-refractivity contribution in [3.63, 3.8) is 0 Å². The van der Waals surface area contributed by atoms with Gasteiger partial charge < -0.3 is 9.15 Å². The fourth-order valence-electron chi connectivity index (χ4n) is 2.12. The molecule has 0 fully saturated rings. The number of fused-ring (bicyclic) bond motifs is 1. The molecule has 0 aliphatic heterocycles. The van der Waals surface area contributed by atoms with Crippen LogP contribution in [0.15, 0.2) is 52.1 Å². The van der Waals surface area contributed by atoms with Crippen LogP contribution in [0.1, 0.15) is 6.92 Å². The summed E-state index contributed by atoms with van der Waals surface area (Å²) >= 11 is 0. The Morgan fingerprint density at radius 1 is 1.35 bits per heavy atom. The van der Waals surface area contributed by atoms with Crippen LogP contribution in [0.2, 0.25) is 0 Å². The second-order valence-corrected chi connectivity index (χ2v) is 4.61. The number of anilines is 1. The number of nitrogens with one attached hydrogen (secondary N) is 1. The first-order valence-electron chi connectivity index (χ1n) is 6.96. The third-order valence-corrected chi connectivity index (χ3v) is 3.11. The van der Waals surface area contributed by atoms with Crippen molar-refractivity contribution >= 4 is 22.9 Å². The van der Waals surface area contributed by atoms with Crippen molar-refractivity contribution in [2.24, 2.45) is 0 Å². The van der Waals surface area contributed by atoms with Crippen molar-refractivity contribution in [1.82, 2.24) is 9.97 Å². The van der Waals surface area contributed by atoms with E-state index in [0.29, 0.717) is 22.4 Å². The van der Waals surface area contributed by atoms with E-state index >= 15 is 0 Å². The first-order valence-corrected chi connectivity index (χ1v) is 6.96. The monoisotopic (exact) mass is 311 g/mol. The Morgan fingerprint density at radius 2 is 2.17 bits per heavy atom. The second-order valence-electron chi connectivity index (χ2n) is 4.61. The number of carbonyl (C=O) groups excluding carboxylic acids is 1. The van der Waals surface area contributed by atoms with E-state index in [0.717, 1.165) is 0 Å². The van der Waals surface area contributed by atoms with E-state index in [9.17, 15) is 9.59 Å². The number of ether oxygens (including phenoxy) is 1. The Bertz CT molecular complexity index is 920. The minimum atomic E-state index is -0.578. The molecule has 0 bridgehead atoms. The van der Waals surface area contributed by atoms with Crippen molar-refractivity contribution in [3.8, 4) is 11.3 Å². The lowest BCUT2D eigenvalue weighted by Gasteiger charge is -2.10. The van der Waals surface area contributed by atoms with Crippen LogP contribution in [0, 0.1) is 0 Å². The molecule has 0 atom stereocenters. The van der Waals surface area contributed by atoms with Gasteiger partial charge in [-0.1, -0.05) is 12.1 Å². The fraction of sp³-hybridized carbons (Fsp3) is 0.125. The van der Waals surface area contributed by atoms with Gasteiger partial charge in [-0.3, -0.25) is 10.1 Å². The number of para-hydroxylation sites is 1. The molecule has 0 aliphatic carbocycles. The van der Waals surface area contributed by atoms with Gasteiger partial charge >= 0.3 is 6.09 Å². The third kappa shape index (κ3) is 3.03. The van der Waals surface area contributed by atoms with Crippen molar-refractivity contribution in [3.05, 3.63) is 53.1 Å². The number of hydrogen-bond donors (Lipinski definition) is 1. The minimum absolute atomic E-state index is 0.188. The van der Waals surface area contributed by atoms with E-state index in [1.165, 1.54) is 18.6 Å². The standard InChI is InChI=1S/C16H13N3O4/c1-2-22-16(21)19-12-6-4-3-5-10(12)14-7-13(20)11-8-17-9-18-15(11)23-14/h3-9H,2H2,1H3,(H,19,21). The van der Waals surface area contributed by atoms with Crippen LogP contribution >= 0.6 is 0 Å². The number of carbonyl (C=O) groups is 1. The molecule has 0 saturated heterocycles. The Kier molecular flexibility index (Phi) is 4.01. The van der Waals surface area contributed by atoms with Crippen molar-refractivity contribution in [2.75, 3.05) is 11.9 Å². The quantitative estimate of drug-likeness (QED) is 0.799. The highest BCUT2D eigenvalue weighted by molar-refractivity contribution is 5.91. The summed E-state index contributed by atoms with van der Waals surface area (Å²) in [7, 11) is 0. The average molecular weight is 311 g/mol. The zero-order valence-corrected chi connectivity index (χ0v) is 12.3. The van der Waals surface area contributed by atoms with Crippen LogP contribution in [-0.2, 0) is 4.74 Å². The summed E-state index contributed by atoms with van der Waals surface area (Å²) in [5, 5.41) is 2.92. The van der Waals surface area contributed by atoms with E-state index in [1.807, 2.05) is 0 Å². The molecule has 1 aromatic carbocycles. The number of benzene rings is 1. The van der Waals surface area contributed by atoms with Gasteiger partial charge in [-0.2, -0.15) is 0 Å². The highest BCUT2D eigenvalue weighted by Gasteiger charge is 2.13. The van der Waals surface area contributed by atoms with Gasteiger partial charge in [0.05, 0.1) is 12.3 Å². The molecule has 7 nitrogen and oxygen atoms in total. The molecule has 0 aliphatic rings. The Morgan fingerprint density at radius 3 is 3.00 bits per heavy atom. The van der Waals surface area contributed by atoms with E-state index in [-0.39, 0.29) is 17.7 Å². The molecule has 3 rings (SSSR count). The highest BCUT2D eigenvalue weighted by atomic mass is 16.5. The van der Waals surface area contributed by atoms with Crippen LogP contribution in [0.5, 0.6) is 0 Å². The Labute approximate surface area is 130 Å². The molecular formula is C16H13N3O4. The van der Waals surface area contributed by atoms with E-state index in [2.05, 4.69) is 15.3 Å². The Balaban J connectivity index is 2.08. The van der Waals surface area contributed by atoms with Crippen molar-refractivity contribution in [1.29, 1.82) is 0 Å². The van der Waals surface area contributed by atoms with Gasteiger partial charge in [0.2, 0.25) is 5.71 Å². The van der Waals surface area contributed by atoms with Crippen LogP contribution < -0.4 is 10.7 Å². The molecule has 0 radical (unpaired) electrons. The number of rotatable bonds is 3. The molecule has 116 valence electrons. The first-order chi connectivity index (χ1) is 11.2. The second kappa shape index (κ2) is 6.27. The topological polar surface area (TPSA) is 94.3 Å². The SMILES string of the molecule is CCOC(=O)Nc1ccccc1-c1cc(=O)c2cncnc2o1. The van der Waals surface area contributed by atoms with Crippen molar-refractivity contribution in [2.45, 2.75) is 6.92 Å². The number of amides is 1. The van der Waals surface area contributed by atoms with Gasteiger partial charge in [0.1, 0.15) is 17.5 Å². The van der Waals surface area contributed by atoms with Gasteiger partial charge in [-0.25, -0.2) is 14.8 Å². The molecule has 0 unspecified atom stereocenters. The lowest BCUT2D eigenvalue weighted by atomic mass is 10.1. The normalized spacial score (nSPS) is 10.5.